The van der Waals surface area contributed by atoms with Crippen LogP contribution in [0.4, 0.5) is 0 Å². The third-order valence-electron chi connectivity index (χ3n) is 4.23. The van der Waals surface area contributed by atoms with E-state index in [2.05, 4.69) is 63.9 Å². The quantitative estimate of drug-likeness (QED) is 0.790. The van der Waals surface area contributed by atoms with Gasteiger partial charge in [0, 0.05) is 21.9 Å². The standard InChI is InChI=1S/C17H20BrNS/c1-2-12-6-7-20-17(12)11-19-16-9-14(10-16)13-4-3-5-15(18)8-13/h3-8,14,16,19H,2,9-11H2,1H3. The van der Waals surface area contributed by atoms with Gasteiger partial charge in [0.1, 0.15) is 0 Å². The summed E-state index contributed by atoms with van der Waals surface area (Å²) in [5.41, 5.74) is 2.98. The Morgan fingerprint density at radius 3 is 2.90 bits per heavy atom. The van der Waals surface area contributed by atoms with Gasteiger partial charge >= 0.3 is 0 Å². The molecule has 1 N–H and O–H groups in total. The largest absolute Gasteiger partial charge is 0.309 e. The van der Waals surface area contributed by atoms with Gasteiger partial charge in [0.25, 0.3) is 0 Å². The number of rotatable bonds is 5. The summed E-state index contributed by atoms with van der Waals surface area (Å²) in [6.45, 7) is 3.27. The zero-order chi connectivity index (χ0) is 13.9. The monoisotopic (exact) mass is 349 g/mol. The topological polar surface area (TPSA) is 12.0 Å². The summed E-state index contributed by atoms with van der Waals surface area (Å²) in [5, 5.41) is 5.92. The highest BCUT2D eigenvalue weighted by Gasteiger charge is 2.29. The molecule has 1 saturated carbocycles. The zero-order valence-electron chi connectivity index (χ0n) is 11.7. The first-order valence-electron chi connectivity index (χ1n) is 7.30. The Bertz CT molecular complexity index is 572. The van der Waals surface area contributed by atoms with E-state index < -0.39 is 0 Å². The number of thiophene rings is 1. The van der Waals surface area contributed by atoms with Gasteiger partial charge in [-0.1, -0.05) is 35.0 Å². The summed E-state index contributed by atoms with van der Waals surface area (Å²) in [5.74, 6) is 0.735. The molecule has 1 aromatic heterocycles. The molecular weight excluding hydrogens is 330 g/mol. The van der Waals surface area contributed by atoms with Crippen molar-refractivity contribution < 1.29 is 0 Å². The molecule has 0 aliphatic heterocycles. The van der Waals surface area contributed by atoms with Crippen LogP contribution in [0.25, 0.3) is 0 Å². The Kier molecular flexibility index (Phi) is 4.59. The lowest BCUT2D eigenvalue weighted by Crippen LogP contribution is -2.39. The highest BCUT2D eigenvalue weighted by Crippen LogP contribution is 2.37. The fraction of sp³-hybridized carbons (Fsp3) is 0.412. The van der Waals surface area contributed by atoms with Crippen molar-refractivity contribution in [3.8, 4) is 0 Å². The van der Waals surface area contributed by atoms with Crippen molar-refractivity contribution in [2.24, 2.45) is 0 Å². The minimum atomic E-state index is 0.686. The van der Waals surface area contributed by atoms with Crippen molar-refractivity contribution in [1.29, 1.82) is 0 Å². The maximum atomic E-state index is 3.71. The summed E-state index contributed by atoms with van der Waals surface area (Å²) in [4.78, 5) is 1.51. The van der Waals surface area contributed by atoms with Crippen LogP contribution in [0.15, 0.2) is 40.2 Å². The zero-order valence-corrected chi connectivity index (χ0v) is 14.1. The summed E-state index contributed by atoms with van der Waals surface area (Å²) < 4.78 is 1.19. The Morgan fingerprint density at radius 1 is 1.30 bits per heavy atom. The molecular formula is C17H20BrNS. The van der Waals surface area contributed by atoms with Crippen LogP contribution in [-0.4, -0.2) is 6.04 Å². The molecule has 106 valence electrons. The molecule has 0 bridgehead atoms. The van der Waals surface area contributed by atoms with Gasteiger partial charge in [0.15, 0.2) is 0 Å². The molecule has 0 radical (unpaired) electrons. The van der Waals surface area contributed by atoms with Crippen LogP contribution in [0, 0.1) is 0 Å². The van der Waals surface area contributed by atoms with Crippen molar-refractivity contribution in [1.82, 2.24) is 5.32 Å². The molecule has 1 fully saturated rings. The highest BCUT2D eigenvalue weighted by molar-refractivity contribution is 9.10. The van der Waals surface area contributed by atoms with Crippen molar-refractivity contribution in [2.45, 2.75) is 44.7 Å². The lowest BCUT2D eigenvalue weighted by Gasteiger charge is -2.36. The fourth-order valence-electron chi connectivity index (χ4n) is 2.89. The van der Waals surface area contributed by atoms with Gasteiger partial charge in [-0.3, -0.25) is 0 Å². The minimum absolute atomic E-state index is 0.686. The predicted octanol–water partition coefficient (Wildman–Crippen LogP) is 5.11. The molecule has 0 atom stereocenters. The molecule has 0 unspecified atom stereocenters. The number of aryl methyl sites for hydroxylation is 1. The van der Waals surface area contributed by atoms with Crippen LogP contribution < -0.4 is 5.32 Å². The third kappa shape index (κ3) is 3.16. The van der Waals surface area contributed by atoms with Gasteiger partial charge in [0.05, 0.1) is 0 Å². The second kappa shape index (κ2) is 6.42. The molecule has 3 rings (SSSR count). The van der Waals surface area contributed by atoms with E-state index in [1.807, 2.05) is 11.3 Å². The first-order chi connectivity index (χ1) is 9.76. The van der Waals surface area contributed by atoms with E-state index in [9.17, 15) is 0 Å². The average Bonchev–Trinajstić information content (AvgIpc) is 2.84. The molecule has 0 spiro atoms. The number of nitrogens with one attached hydrogen (secondary N) is 1. The molecule has 20 heavy (non-hydrogen) atoms. The second-order valence-corrected chi connectivity index (χ2v) is 7.44. The van der Waals surface area contributed by atoms with E-state index in [-0.39, 0.29) is 0 Å². The van der Waals surface area contributed by atoms with Gasteiger partial charge in [-0.05, 0) is 59.9 Å². The maximum Gasteiger partial charge on any atom is 0.0305 e. The Morgan fingerprint density at radius 2 is 2.15 bits per heavy atom. The summed E-state index contributed by atoms with van der Waals surface area (Å²) in [6.07, 6.45) is 3.68. The molecule has 0 saturated heterocycles. The first-order valence-corrected chi connectivity index (χ1v) is 8.97. The molecule has 1 heterocycles. The van der Waals surface area contributed by atoms with E-state index in [1.165, 1.54) is 33.3 Å². The van der Waals surface area contributed by atoms with E-state index >= 15 is 0 Å². The molecule has 3 heteroatoms. The van der Waals surface area contributed by atoms with Crippen molar-refractivity contribution in [3.63, 3.8) is 0 Å². The second-order valence-electron chi connectivity index (χ2n) is 5.52. The molecule has 1 aliphatic rings. The molecule has 1 aromatic carbocycles. The molecule has 0 amide bonds. The normalized spacial score (nSPS) is 21.7. The highest BCUT2D eigenvalue weighted by atomic mass is 79.9. The van der Waals surface area contributed by atoms with Gasteiger partial charge < -0.3 is 5.32 Å². The summed E-state index contributed by atoms with van der Waals surface area (Å²) in [6, 6.07) is 11.7. The molecule has 2 aromatic rings. The van der Waals surface area contributed by atoms with Crippen molar-refractivity contribution in [3.05, 3.63) is 56.2 Å². The van der Waals surface area contributed by atoms with E-state index in [1.54, 1.807) is 0 Å². The Balaban J connectivity index is 1.49. The van der Waals surface area contributed by atoms with Crippen LogP contribution in [0.2, 0.25) is 0 Å². The minimum Gasteiger partial charge on any atom is -0.309 e. The number of benzene rings is 1. The maximum absolute atomic E-state index is 3.71. The van der Waals surface area contributed by atoms with E-state index in [0.717, 1.165) is 18.9 Å². The SMILES string of the molecule is CCc1ccsc1CNC1CC(c2cccc(Br)c2)C1. The smallest absolute Gasteiger partial charge is 0.0305 e. The Labute approximate surface area is 133 Å². The average molecular weight is 350 g/mol. The van der Waals surface area contributed by atoms with Crippen molar-refractivity contribution >= 4 is 27.3 Å². The Hall–Kier alpha value is -0.640. The van der Waals surface area contributed by atoms with Gasteiger partial charge in [-0.25, -0.2) is 0 Å². The first kappa shape index (κ1) is 14.3. The predicted molar refractivity (Wildman–Crippen MR) is 90.4 cm³/mol. The molecule has 1 aliphatic carbocycles. The van der Waals surface area contributed by atoms with E-state index in [0.29, 0.717) is 6.04 Å². The number of hydrogen-bond donors (Lipinski definition) is 1. The lowest BCUT2D eigenvalue weighted by molar-refractivity contribution is 0.290. The third-order valence-corrected chi connectivity index (χ3v) is 5.68. The summed E-state index contributed by atoms with van der Waals surface area (Å²) in [7, 11) is 0. The van der Waals surface area contributed by atoms with Gasteiger partial charge in [-0.2, -0.15) is 0 Å². The van der Waals surface area contributed by atoms with Crippen molar-refractivity contribution in [2.75, 3.05) is 0 Å². The van der Waals surface area contributed by atoms with Gasteiger partial charge in [-0.15, -0.1) is 11.3 Å². The lowest BCUT2D eigenvalue weighted by atomic mass is 9.76. The summed E-state index contributed by atoms with van der Waals surface area (Å²) >= 11 is 5.44. The fourth-order valence-corrected chi connectivity index (χ4v) is 4.24. The van der Waals surface area contributed by atoms with Gasteiger partial charge in [0.2, 0.25) is 0 Å². The number of halogens is 1. The number of hydrogen-bond acceptors (Lipinski definition) is 2. The van der Waals surface area contributed by atoms with Crippen LogP contribution in [0.1, 0.15) is 41.7 Å². The van der Waals surface area contributed by atoms with Crippen LogP contribution >= 0.6 is 27.3 Å². The molecule has 1 nitrogen and oxygen atoms in total. The van der Waals surface area contributed by atoms with Crippen LogP contribution in [0.3, 0.4) is 0 Å². The van der Waals surface area contributed by atoms with Crippen LogP contribution in [-0.2, 0) is 13.0 Å². The van der Waals surface area contributed by atoms with E-state index in [4.69, 9.17) is 0 Å². The van der Waals surface area contributed by atoms with Crippen LogP contribution in [0.5, 0.6) is 0 Å².